The quantitative estimate of drug-likeness (QED) is 0.906. The van der Waals surface area contributed by atoms with Crippen molar-refractivity contribution in [1.82, 2.24) is 0 Å². The second-order valence-electron chi connectivity index (χ2n) is 3.28. The Hall–Kier alpha value is -1.07. The van der Waals surface area contributed by atoms with Gasteiger partial charge in [-0.3, -0.25) is 0 Å². The molecule has 0 fully saturated rings. The van der Waals surface area contributed by atoms with Crippen molar-refractivity contribution in [2.75, 3.05) is 11.9 Å². The molecule has 0 unspecified atom stereocenters. The number of nitrogens with one attached hydrogen (secondary N) is 1. The molecular formula is C11H10BrNO2S. The fourth-order valence-corrected chi connectivity index (χ4v) is 3.14. The number of anilines is 1. The minimum Gasteiger partial charge on any atom is -0.477 e. The Morgan fingerprint density at radius 3 is 2.94 bits per heavy atom. The zero-order valence-corrected chi connectivity index (χ0v) is 11.0. The first-order valence-corrected chi connectivity index (χ1v) is 6.43. The Morgan fingerprint density at radius 1 is 1.56 bits per heavy atom. The molecule has 5 heteroatoms. The summed E-state index contributed by atoms with van der Waals surface area (Å²) in [5.74, 6) is -0.881. The highest BCUT2D eigenvalue weighted by Gasteiger charge is 2.16. The van der Waals surface area contributed by atoms with Gasteiger partial charge >= 0.3 is 5.97 Å². The van der Waals surface area contributed by atoms with E-state index in [4.69, 9.17) is 5.11 Å². The van der Waals surface area contributed by atoms with E-state index in [0.29, 0.717) is 11.4 Å². The molecular weight excluding hydrogens is 290 g/mol. The van der Waals surface area contributed by atoms with Crippen molar-refractivity contribution in [1.29, 1.82) is 0 Å². The largest absolute Gasteiger partial charge is 0.477 e. The van der Waals surface area contributed by atoms with Crippen LogP contribution in [0.4, 0.5) is 5.69 Å². The van der Waals surface area contributed by atoms with E-state index >= 15 is 0 Å². The topological polar surface area (TPSA) is 49.3 Å². The number of thiophene rings is 1. The summed E-state index contributed by atoms with van der Waals surface area (Å²) in [6.07, 6.45) is 0. The van der Waals surface area contributed by atoms with E-state index in [-0.39, 0.29) is 0 Å². The summed E-state index contributed by atoms with van der Waals surface area (Å²) in [7, 11) is 0. The van der Waals surface area contributed by atoms with Crippen LogP contribution in [0.2, 0.25) is 0 Å². The number of carboxylic acid groups (broad SMARTS) is 1. The minimum absolute atomic E-state index is 0.370. The van der Waals surface area contributed by atoms with Gasteiger partial charge in [-0.15, -0.1) is 11.3 Å². The summed E-state index contributed by atoms with van der Waals surface area (Å²) in [5, 5.41) is 13.2. The van der Waals surface area contributed by atoms with Crippen molar-refractivity contribution < 1.29 is 9.90 Å². The molecule has 0 atom stereocenters. The highest BCUT2D eigenvalue weighted by Crippen LogP contribution is 2.37. The van der Waals surface area contributed by atoms with Gasteiger partial charge in [0.2, 0.25) is 0 Å². The normalized spacial score (nSPS) is 10.6. The molecule has 16 heavy (non-hydrogen) atoms. The lowest BCUT2D eigenvalue weighted by atomic mass is 10.2. The first-order chi connectivity index (χ1) is 7.63. The predicted octanol–water partition coefficient (Wildman–Crippen LogP) is 3.79. The molecule has 2 N–H and O–H groups in total. The van der Waals surface area contributed by atoms with Gasteiger partial charge in [-0.1, -0.05) is 22.0 Å². The number of benzene rings is 1. The summed E-state index contributed by atoms with van der Waals surface area (Å²) in [5.41, 5.74) is 0.725. The fraction of sp³-hybridized carbons (Fsp3) is 0.182. The van der Waals surface area contributed by atoms with Gasteiger partial charge in [-0.25, -0.2) is 4.79 Å². The van der Waals surface area contributed by atoms with E-state index in [1.54, 1.807) is 0 Å². The van der Waals surface area contributed by atoms with E-state index in [0.717, 1.165) is 20.2 Å². The Kier molecular flexibility index (Phi) is 3.16. The van der Waals surface area contributed by atoms with Crippen LogP contribution < -0.4 is 5.32 Å². The second-order valence-corrected chi connectivity index (χ2v) is 5.25. The van der Waals surface area contributed by atoms with Crippen LogP contribution in [-0.2, 0) is 0 Å². The summed E-state index contributed by atoms with van der Waals surface area (Å²) < 4.78 is 1.93. The number of halogens is 1. The smallest absolute Gasteiger partial charge is 0.348 e. The second kappa shape index (κ2) is 4.43. The maximum Gasteiger partial charge on any atom is 0.348 e. The summed E-state index contributed by atoms with van der Waals surface area (Å²) >= 11 is 4.68. The standard InChI is InChI=1S/C11H10BrNO2S/c1-2-13-9-7-4-3-6(12)5-8(7)16-10(9)11(14)15/h3-5,13H,2H2,1H3,(H,14,15). The van der Waals surface area contributed by atoms with Crippen molar-refractivity contribution >= 4 is 49.0 Å². The number of carbonyl (C=O) groups is 1. The molecule has 0 amide bonds. The lowest BCUT2D eigenvalue weighted by molar-refractivity contribution is 0.0703. The zero-order chi connectivity index (χ0) is 11.7. The fourth-order valence-electron chi connectivity index (χ4n) is 1.57. The minimum atomic E-state index is -0.881. The molecule has 0 radical (unpaired) electrons. The van der Waals surface area contributed by atoms with Gasteiger partial charge < -0.3 is 10.4 Å². The van der Waals surface area contributed by atoms with Gasteiger partial charge in [0, 0.05) is 21.1 Å². The number of hydrogen-bond acceptors (Lipinski definition) is 3. The highest BCUT2D eigenvalue weighted by molar-refractivity contribution is 9.10. The number of rotatable bonds is 3. The molecule has 84 valence electrons. The maximum absolute atomic E-state index is 11.1. The monoisotopic (exact) mass is 299 g/mol. The summed E-state index contributed by atoms with van der Waals surface area (Å²) in [6, 6.07) is 5.79. The Morgan fingerprint density at radius 2 is 2.31 bits per heavy atom. The van der Waals surface area contributed by atoms with Crippen LogP contribution in [0.25, 0.3) is 10.1 Å². The Bertz CT molecular complexity index is 550. The molecule has 0 spiro atoms. The lowest BCUT2D eigenvalue weighted by Gasteiger charge is -2.02. The van der Waals surface area contributed by atoms with Gasteiger partial charge in [-0.05, 0) is 19.1 Å². The average Bonchev–Trinajstić information content (AvgIpc) is 2.57. The van der Waals surface area contributed by atoms with Crippen LogP contribution in [0, 0.1) is 0 Å². The molecule has 0 bridgehead atoms. The van der Waals surface area contributed by atoms with Crippen molar-refractivity contribution in [3.05, 3.63) is 27.5 Å². The number of carboxylic acids is 1. The van der Waals surface area contributed by atoms with E-state index in [1.807, 2.05) is 25.1 Å². The van der Waals surface area contributed by atoms with Gasteiger partial charge in [-0.2, -0.15) is 0 Å². The predicted molar refractivity (Wildman–Crippen MR) is 70.6 cm³/mol. The average molecular weight is 300 g/mol. The van der Waals surface area contributed by atoms with Gasteiger partial charge in [0.15, 0.2) is 0 Å². The first-order valence-electron chi connectivity index (χ1n) is 4.82. The molecule has 0 saturated carbocycles. The maximum atomic E-state index is 11.1. The molecule has 0 aliphatic rings. The van der Waals surface area contributed by atoms with E-state index in [1.165, 1.54) is 11.3 Å². The molecule has 0 aliphatic heterocycles. The molecule has 0 saturated heterocycles. The van der Waals surface area contributed by atoms with E-state index in [2.05, 4.69) is 21.2 Å². The molecule has 3 nitrogen and oxygen atoms in total. The van der Waals surface area contributed by atoms with Crippen molar-refractivity contribution in [2.24, 2.45) is 0 Å². The molecule has 1 heterocycles. The van der Waals surface area contributed by atoms with Gasteiger partial charge in [0.25, 0.3) is 0 Å². The van der Waals surface area contributed by atoms with Crippen LogP contribution in [0.15, 0.2) is 22.7 Å². The van der Waals surface area contributed by atoms with Crippen LogP contribution in [-0.4, -0.2) is 17.6 Å². The van der Waals surface area contributed by atoms with Crippen molar-refractivity contribution in [3.8, 4) is 0 Å². The number of fused-ring (bicyclic) bond motifs is 1. The van der Waals surface area contributed by atoms with Crippen LogP contribution >= 0.6 is 27.3 Å². The third-order valence-electron chi connectivity index (χ3n) is 2.20. The molecule has 2 aromatic rings. The Labute approximate surface area is 105 Å². The molecule has 0 aliphatic carbocycles. The van der Waals surface area contributed by atoms with Gasteiger partial charge in [0.05, 0.1) is 5.69 Å². The van der Waals surface area contributed by atoms with Crippen molar-refractivity contribution in [2.45, 2.75) is 6.92 Å². The number of aromatic carboxylic acids is 1. The van der Waals surface area contributed by atoms with E-state index < -0.39 is 5.97 Å². The SMILES string of the molecule is CCNc1c(C(=O)O)sc2cc(Br)ccc12. The van der Waals surface area contributed by atoms with Crippen LogP contribution in [0.5, 0.6) is 0 Å². The van der Waals surface area contributed by atoms with Crippen LogP contribution in [0.1, 0.15) is 16.6 Å². The lowest BCUT2D eigenvalue weighted by Crippen LogP contribution is -2.02. The Balaban J connectivity index is 2.70. The third-order valence-corrected chi connectivity index (χ3v) is 3.83. The molecule has 2 rings (SSSR count). The molecule has 1 aromatic heterocycles. The summed E-state index contributed by atoms with van der Waals surface area (Å²) in [6.45, 7) is 2.66. The van der Waals surface area contributed by atoms with Gasteiger partial charge in [0.1, 0.15) is 4.88 Å². The zero-order valence-electron chi connectivity index (χ0n) is 8.58. The van der Waals surface area contributed by atoms with E-state index in [9.17, 15) is 4.79 Å². The third kappa shape index (κ3) is 1.92. The summed E-state index contributed by atoms with van der Waals surface area (Å²) in [4.78, 5) is 11.5. The number of hydrogen-bond donors (Lipinski definition) is 2. The highest BCUT2D eigenvalue weighted by atomic mass is 79.9. The van der Waals surface area contributed by atoms with Crippen molar-refractivity contribution in [3.63, 3.8) is 0 Å². The van der Waals surface area contributed by atoms with Crippen LogP contribution in [0.3, 0.4) is 0 Å². The molecule has 1 aromatic carbocycles. The first kappa shape index (κ1) is 11.4.